The summed E-state index contributed by atoms with van der Waals surface area (Å²) in [7, 11) is 0. The van der Waals surface area contributed by atoms with Gasteiger partial charge < -0.3 is 14.2 Å². The molecular formula is C20H16N2O9S. The maximum absolute atomic E-state index is 12.1. The van der Waals surface area contributed by atoms with Gasteiger partial charge in [0.15, 0.2) is 0 Å². The van der Waals surface area contributed by atoms with E-state index in [2.05, 4.69) is 5.32 Å². The van der Waals surface area contributed by atoms with Crippen molar-refractivity contribution in [3.63, 3.8) is 0 Å². The lowest BCUT2D eigenvalue weighted by atomic mass is 9.97. The Morgan fingerprint density at radius 1 is 1.12 bits per heavy atom. The van der Waals surface area contributed by atoms with Crippen molar-refractivity contribution in [1.82, 2.24) is 5.06 Å². The van der Waals surface area contributed by atoms with E-state index in [-0.39, 0.29) is 25.2 Å². The number of fused-ring (bicyclic) bond motifs is 3. The van der Waals surface area contributed by atoms with Crippen LogP contribution in [-0.4, -0.2) is 44.8 Å². The van der Waals surface area contributed by atoms with E-state index >= 15 is 0 Å². The fraction of sp³-hybridized carbons (Fsp3) is 0.200. The first-order chi connectivity index (χ1) is 15.4. The van der Waals surface area contributed by atoms with E-state index in [4.69, 9.17) is 18.3 Å². The Kier molecular flexibility index (Phi) is 5.88. The molecule has 2 atom stereocenters. The normalized spacial score (nSPS) is 17.4. The molecule has 0 saturated carbocycles. The van der Waals surface area contributed by atoms with Crippen LogP contribution in [0.5, 0.6) is 5.75 Å². The molecule has 2 unspecified atom stereocenters. The first-order valence-electron chi connectivity index (χ1n) is 9.35. The zero-order valence-electron chi connectivity index (χ0n) is 16.3. The number of hydrogen-bond acceptors (Lipinski definition) is 8. The van der Waals surface area contributed by atoms with Crippen molar-refractivity contribution in [2.24, 2.45) is 0 Å². The van der Waals surface area contributed by atoms with Crippen LogP contribution in [0, 0.1) is 0 Å². The molecule has 2 aromatic carbocycles. The average Bonchev–Trinajstić information content (AvgIpc) is 3.23. The third-order valence-electron chi connectivity index (χ3n) is 5.05. The lowest BCUT2D eigenvalue weighted by molar-refractivity contribution is -0.177. The number of carbonyl (C=O) groups excluding carboxylic acids is 4. The van der Waals surface area contributed by atoms with Crippen molar-refractivity contribution in [3.05, 3.63) is 47.5 Å². The van der Waals surface area contributed by atoms with Gasteiger partial charge in [-0.1, -0.05) is 17.2 Å². The Hall–Kier alpha value is -3.77. The van der Waals surface area contributed by atoms with Crippen molar-refractivity contribution in [3.8, 4) is 16.9 Å². The molecule has 4 rings (SSSR count). The molecule has 0 spiro atoms. The van der Waals surface area contributed by atoms with Crippen molar-refractivity contribution in [2.75, 3.05) is 11.9 Å². The van der Waals surface area contributed by atoms with Crippen LogP contribution in [0.2, 0.25) is 0 Å². The number of anilines is 1. The topological polar surface area (TPSA) is 149 Å². The molecule has 11 nitrogen and oxygen atoms in total. The molecule has 2 N–H and O–H groups in total. The summed E-state index contributed by atoms with van der Waals surface area (Å²) in [4.78, 5) is 50.9. The van der Waals surface area contributed by atoms with Crippen LogP contribution in [0.25, 0.3) is 11.1 Å². The number of nitrogens with one attached hydrogen (secondary N) is 1. The van der Waals surface area contributed by atoms with Gasteiger partial charge in [-0.3, -0.25) is 23.8 Å². The van der Waals surface area contributed by atoms with Crippen LogP contribution in [0.3, 0.4) is 0 Å². The molecule has 32 heavy (non-hydrogen) atoms. The summed E-state index contributed by atoms with van der Waals surface area (Å²) >= 11 is -2.53. The molecular weight excluding hydrogens is 444 g/mol. The Morgan fingerprint density at radius 2 is 1.78 bits per heavy atom. The summed E-state index contributed by atoms with van der Waals surface area (Å²) in [6.45, 7) is -0.231. The number of carbonyl (C=O) groups is 4. The predicted octanol–water partition coefficient (Wildman–Crippen LogP) is 2.10. The van der Waals surface area contributed by atoms with E-state index in [0.29, 0.717) is 22.7 Å². The molecule has 2 aliphatic rings. The second-order valence-corrected chi connectivity index (χ2v) is 7.50. The number of ether oxygens (including phenoxy) is 1. The highest BCUT2D eigenvalue weighted by Crippen LogP contribution is 2.47. The Labute approximate surface area is 183 Å². The molecule has 1 fully saturated rings. The van der Waals surface area contributed by atoms with Gasteiger partial charge in [0.1, 0.15) is 12.4 Å². The van der Waals surface area contributed by atoms with Crippen molar-refractivity contribution < 1.29 is 41.7 Å². The number of hydroxylamine groups is 2. The van der Waals surface area contributed by atoms with Gasteiger partial charge in [0.05, 0.1) is 0 Å². The van der Waals surface area contributed by atoms with Gasteiger partial charge in [0.2, 0.25) is 6.41 Å². The molecule has 1 aliphatic heterocycles. The van der Waals surface area contributed by atoms with E-state index in [9.17, 15) is 23.4 Å². The molecule has 0 bridgehead atoms. The predicted molar refractivity (Wildman–Crippen MR) is 108 cm³/mol. The van der Waals surface area contributed by atoms with Gasteiger partial charge in [-0.2, -0.15) is 4.21 Å². The summed E-state index contributed by atoms with van der Waals surface area (Å²) in [5.74, 6) is -1.68. The number of amides is 3. The number of imide groups is 1. The van der Waals surface area contributed by atoms with Gasteiger partial charge in [-0.15, -0.1) is 0 Å². The molecule has 12 heteroatoms. The van der Waals surface area contributed by atoms with Gasteiger partial charge in [-0.05, 0) is 46.5 Å². The fourth-order valence-electron chi connectivity index (χ4n) is 3.72. The van der Waals surface area contributed by atoms with E-state index < -0.39 is 35.2 Å². The molecule has 1 aliphatic carbocycles. The van der Waals surface area contributed by atoms with Crippen LogP contribution in [-0.2, 0) is 35.3 Å². The van der Waals surface area contributed by atoms with Crippen molar-refractivity contribution in [1.29, 1.82) is 0 Å². The first kappa shape index (κ1) is 21.5. The number of nitrogens with zero attached hydrogens (tertiary/aromatic N) is 1. The monoisotopic (exact) mass is 460 g/mol. The summed E-state index contributed by atoms with van der Waals surface area (Å²) in [6.07, 6.45) is -0.789. The average molecular weight is 460 g/mol. The first-order valence-corrected chi connectivity index (χ1v) is 10.4. The van der Waals surface area contributed by atoms with E-state index in [1.165, 1.54) is 6.07 Å². The van der Waals surface area contributed by atoms with Crippen molar-refractivity contribution >= 4 is 41.4 Å². The molecule has 0 radical (unpaired) electrons. The maximum atomic E-state index is 12.1. The molecule has 1 saturated heterocycles. The van der Waals surface area contributed by atoms with Crippen LogP contribution in [0.4, 0.5) is 10.5 Å². The highest BCUT2D eigenvalue weighted by molar-refractivity contribution is 7.74. The molecule has 166 valence electrons. The zero-order chi connectivity index (χ0) is 22.8. The van der Waals surface area contributed by atoms with E-state index in [0.717, 1.165) is 16.7 Å². The minimum atomic E-state index is -2.53. The number of benzene rings is 2. The zero-order valence-corrected chi connectivity index (χ0v) is 17.1. The van der Waals surface area contributed by atoms with Gasteiger partial charge in [0, 0.05) is 24.4 Å². The lowest BCUT2D eigenvalue weighted by Gasteiger charge is -2.17. The fourth-order valence-corrected chi connectivity index (χ4v) is 3.99. The van der Waals surface area contributed by atoms with Gasteiger partial charge >= 0.3 is 17.5 Å². The quantitative estimate of drug-likeness (QED) is 0.274. The third kappa shape index (κ3) is 4.18. The summed E-state index contributed by atoms with van der Waals surface area (Å²) in [5, 5.41) is 2.93. The Balaban J connectivity index is 1.59. The third-order valence-corrected chi connectivity index (χ3v) is 5.38. The highest BCUT2D eigenvalue weighted by Gasteiger charge is 2.35. The van der Waals surface area contributed by atoms with Gasteiger partial charge in [0.25, 0.3) is 11.8 Å². The summed E-state index contributed by atoms with van der Waals surface area (Å²) in [6, 6.07) is 9.96. The summed E-state index contributed by atoms with van der Waals surface area (Å²) in [5.41, 5.74) is 3.46. The lowest BCUT2D eigenvalue weighted by Crippen LogP contribution is -2.32. The molecule has 2 aromatic rings. The minimum absolute atomic E-state index is 0.0446. The minimum Gasteiger partial charge on any atom is -0.432 e. The number of hydrogen-bond donors (Lipinski definition) is 2. The second-order valence-electron chi connectivity index (χ2n) is 6.90. The SMILES string of the molecule is O=CNc1ccc2c(c1)C(COC(=O)ON1C(=O)CCC1=O)c1cc(OS(=O)O)ccc1-2. The largest absolute Gasteiger partial charge is 0.533 e. The maximum Gasteiger partial charge on any atom is 0.533 e. The molecule has 3 amide bonds. The van der Waals surface area contributed by atoms with Crippen LogP contribution in [0.1, 0.15) is 29.9 Å². The Bertz CT molecular complexity index is 1130. The molecule has 1 heterocycles. The van der Waals surface area contributed by atoms with Crippen molar-refractivity contribution in [2.45, 2.75) is 18.8 Å². The summed E-state index contributed by atoms with van der Waals surface area (Å²) < 4.78 is 30.0. The van der Waals surface area contributed by atoms with Crippen LogP contribution in [0.15, 0.2) is 36.4 Å². The number of rotatable bonds is 7. The second kappa shape index (κ2) is 8.77. The van der Waals surface area contributed by atoms with Gasteiger partial charge in [-0.25, -0.2) is 4.79 Å². The van der Waals surface area contributed by atoms with Crippen LogP contribution >= 0.6 is 0 Å². The smallest absolute Gasteiger partial charge is 0.432 e. The standard InChI is InChI=1S/C20H16N2O9S/c23-10-21-11-1-3-13-14-4-2-12(31-32(27)28)8-16(14)17(15(13)7-11)9-29-20(26)30-22-18(24)5-6-19(22)25/h1-4,7-8,10,17H,5-6,9H2,(H,21,23)(H,27,28). The van der Waals surface area contributed by atoms with Crippen LogP contribution < -0.4 is 9.50 Å². The molecule has 0 aromatic heterocycles. The van der Waals surface area contributed by atoms with E-state index in [1.807, 2.05) is 0 Å². The van der Waals surface area contributed by atoms with E-state index in [1.54, 1.807) is 30.3 Å². The highest BCUT2D eigenvalue weighted by atomic mass is 32.2. The Morgan fingerprint density at radius 3 is 2.44 bits per heavy atom.